The molecule has 8 unspecified atom stereocenters. The molecule has 1 fully saturated rings. The third-order valence-corrected chi connectivity index (χ3v) is 12.9. The van der Waals surface area contributed by atoms with Gasteiger partial charge in [0, 0.05) is 36.8 Å². The van der Waals surface area contributed by atoms with Crippen LogP contribution in [0.4, 0.5) is 16.2 Å². The molecule has 55 heavy (non-hydrogen) atoms. The lowest BCUT2D eigenvalue weighted by atomic mass is 9.69. The van der Waals surface area contributed by atoms with E-state index in [1.165, 1.54) is 0 Å². The molecule has 0 radical (unpaired) electrons. The van der Waals surface area contributed by atoms with Crippen LogP contribution in [-0.2, 0) is 40.5 Å². The number of anilines is 2. The molecule has 6 N–H and O–H groups in total. The first kappa shape index (κ1) is 42.5. The minimum absolute atomic E-state index is 0.0531. The summed E-state index contributed by atoms with van der Waals surface area (Å²) in [7, 11) is -5.07. The van der Waals surface area contributed by atoms with Crippen molar-refractivity contribution in [3.63, 3.8) is 0 Å². The van der Waals surface area contributed by atoms with Gasteiger partial charge < -0.3 is 40.3 Å². The second kappa shape index (κ2) is 17.7. The third-order valence-electron chi connectivity index (χ3n) is 10.5. The van der Waals surface area contributed by atoms with E-state index in [9.17, 15) is 36.9 Å². The summed E-state index contributed by atoms with van der Waals surface area (Å²) in [4.78, 5) is 15.5. The zero-order valence-electron chi connectivity index (χ0n) is 31.2. The predicted molar refractivity (Wildman–Crippen MR) is 205 cm³/mol. The highest BCUT2D eigenvalue weighted by Crippen LogP contribution is 2.49. The van der Waals surface area contributed by atoms with E-state index in [2.05, 4.69) is 14.8 Å². The lowest BCUT2D eigenvalue weighted by Gasteiger charge is -2.42. The van der Waals surface area contributed by atoms with Gasteiger partial charge in [0.05, 0.1) is 30.0 Å². The molecule has 0 saturated carbocycles. The van der Waals surface area contributed by atoms with Crippen molar-refractivity contribution in [1.82, 2.24) is 5.32 Å². The summed E-state index contributed by atoms with van der Waals surface area (Å²) >= 11 is 0. The largest absolute Gasteiger partial charge is 0.397 e. The Bertz CT molecular complexity index is 2000. The van der Waals surface area contributed by atoms with Crippen molar-refractivity contribution >= 4 is 37.6 Å². The molecule has 2 aliphatic rings. The second-order valence-corrected chi connectivity index (χ2v) is 17.4. The number of nitrogens with one attached hydrogen (secondary N) is 2. The normalized spacial score (nSPS) is 27.7. The molecule has 2 amide bonds. The lowest BCUT2D eigenvalue weighted by Crippen LogP contribution is -2.64. The summed E-state index contributed by atoms with van der Waals surface area (Å²) in [6.45, 7) is 3.00. The number of nitrogens with zero attached hydrogens (tertiary/aromatic N) is 1. The molecule has 3 aromatic carbocycles. The van der Waals surface area contributed by atoms with Crippen LogP contribution in [0.5, 0.6) is 0 Å². The van der Waals surface area contributed by atoms with Gasteiger partial charge in [-0.25, -0.2) is 17.4 Å². The fourth-order valence-corrected chi connectivity index (χ4v) is 9.98. The number of hydrogen-bond donors (Lipinski definition) is 6. The molecule has 0 spiro atoms. The van der Waals surface area contributed by atoms with Gasteiger partial charge in [-0.3, -0.25) is 4.55 Å². The van der Waals surface area contributed by atoms with Gasteiger partial charge in [0.25, 0.3) is 0 Å². The molecule has 1 saturated heterocycles. The molecular formula is C38H51N3O12S2. The van der Waals surface area contributed by atoms with Crippen molar-refractivity contribution in [1.29, 1.82) is 0 Å². The third kappa shape index (κ3) is 10.0. The zero-order valence-corrected chi connectivity index (χ0v) is 32.9. The molecule has 8 atom stereocenters. The van der Waals surface area contributed by atoms with Gasteiger partial charge in [-0.2, -0.15) is 8.42 Å². The number of fused-ring (bicyclic) bond motifs is 1. The highest BCUT2D eigenvalue weighted by molar-refractivity contribution is 7.91. The van der Waals surface area contributed by atoms with E-state index in [4.69, 9.17) is 14.0 Å². The van der Waals surface area contributed by atoms with Crippen LogP contribution >= 0.6 is 0 Å². The lowest BCUT2D eigenvalue weighted by molar-refractivity contribution is -0.246. The molecule has 17 heteroatoms. The first-order valence-electron chi connectivity index (χ1n) is 18.2. The van der Waals surface area contributed by atoms with Gasteiger partial charge in [-0.1, -0.05) is 69.2 Å². The number of aliphatic hydroxyl groups excluding tert-OH is 3. The quantitative estimate of drug-likeness (QED) is 0.129. The maximum Gasteiger partial charge on any atom is 0.397 e. The van der Waals surface area contributed by atoms with Gasteiger partial charge in [-0.05, 0) is 59.9 Å². The van der Waals surface area contributed by atoms with Crippen LogP contribution in [0.2, 0.25) is 0 Å². The molecule has 0 aromatic heterocycles. The number of unbranched alkanes of at least 4 members (excludes halogenated alkanes) is 1. The Morgan fingerprint density at radius 2 is 1.73 bits per heavy atom. The van der Waals surface area contributed by atoms with Gasteiger partial charge in [-0.15, -0.1) is 0 Å². The van der Waals surface area contributed by atoms with Crippen molar-refractivity contribution in [3.8, 4) is 0 Å². The van der Waals surface area contributed by atoms with Crippen LogP contribution in [0.15, 0.2) is 77.7 Å². The Hall–Kier alpha value is -3.65. The molecule has 15 nitrogen and oxygen atoms in total. The number of sulfone groups is 1. The standard InChI is InChI=1S/C38H51N3O12S2/c1-5-7-18-38(6-2)23-54(46,47)30-17-16-27(41(3)4)20-28(30)31(35(38)44)25-14-11-15-26(19-25)39-37(45)40-36-33(43)34(51-21-24-12-9-8-10-13-24)32(42)29(53-36)22-52-55(48,49)50/h8-17,19-20,29,31-36,42-44H,5-7,18,21-23H2,1-4H3,(H2,39,40,45)(H,48,49,50). The Morgan fingerprint density at radius 3 is 2.38 bits per heavy atom. The number of benzene rings is 3. The number of carbonyl (C=O) groups excluding carboxylic acids is 1. The first-order valence-corrected chi connectivity index (χ1v) is 21.2. The molecule has 302 valence electrons. The fourth-order valence-electron chi connectivity index (χ4n) is 7.42. The first-order chi connectivity index (χ1) is 26.0. The van der Waals surface area contributed by atoms with E-state index in [1.807, 2.05) is 32.8 Å². The summed E-state index contributed by atoms with van der Waals surface area (Å²) in [5.74, 6) is -1.00. The monoisotopic (exact) mass is 805 g/mol. The van der Waals surface area contributed by atoms with Gasteiger partial charge >= 0.3 is 16.4 Å². The SMILES string of the molecule is CCCCC1(CC)CS(=O)(=O)c2ccc(N(C)C)cc2C(c2cccc(NC(=O)NC3OC(COS(=O)(=O)O)C(O)C(OCc4ccccc4)C3O)c2)C1O. The van der Waals surface area contributed by atoms with E-state index in [0.717, 1.165) is 18.5 Å². The number of carbonyl (C=O) groups is 1. The maximum absolute atomic E-state index is 14.0. The molecule has 0 aliphatic carbocycles. The molecule has 5 rings (SSSR count). The molecule has 2 heterocycles. The van der Waals surface area contributed by atoms with E-state index < -0.39 is 81.0 Å². The average molecular weight is 806 g/mol. The summed E-state index contributed by atoms with van der Waals surface area (Å²) < 4.78 is 75.7. The number of aliphatic hydroxyl groups is 3. The number of urea groups is 1. The predicted octanol–water partition coefficient (Wildman–Crippen LogP) is 3.59. The van der Waals surface area contributed by atoms with E-state index in [-0.39, 0.29) is 22.9 Å². The van der Waals surface area contributed by atoms with Crippen LogP contribution in [-0.4, -0.2) is 106 Å². The molecule has 3 aromatic rings. The summed E-state index contributed by atoms with van der Waals surface area (Å²) in [6.07, 6.45) is -6.32. The molecule has 0 bridgehead atoms. The van der Waals surface area contributed by atoms with E-state index >= 15 is 0 Å². The van der Waals surface area contributed by atoms with Crippen molar-refractivity contribution in [2.24, 2.45) is 5.41 Å². The number of amides is 2. The summed E-state index contributed by atoms with van der Waals surface area (Å²) in [6, 6.07) is 19.8. The van der Waals surface area contributed by atoms with E-state index in [0.29, 0.717) is 29.5 Å². The van der Waals surface area contributed by atoms with E-state index in [1.54, 1.807) is 72.8 Å². The molecular weight excluding hydrogens is 755 g/mol. The van der Waals surface area contributed by atoms with Gasteiger partial charge in [0.2, 0.25) is 0 Å². The average Bonchev–Trinajstić information content (AvgIpc) is 3.21. The fraction of sp³-hybridized carbons (Fsp3) is 0.500. The van der Waals surface area contributed by atoms with Crippen LogP contribution in [0.3, 0.4) is 0 Å². The summed E-state index contributed by atoms with van der Waals surface area (Å²) in [5, 5.41) is 39.7. The van der Waals surface area contributed by atoms with Crippen LogP contribution in [0.25, 0.3) is 0 Å². The minimum atomic E-state index is -4.93. The molecule has 2 aliphatic heterocycles. The number of rotatable bonds is 14. The topological polar surface area (TPSA) is 221 Å². The number of ether oxygens (including phenoxy) is 2. The van der Waals surface area contributed by atoms with Crippen LogP contribution < -0.4 is 15.5 Å². The van der Waals surface area contributed by atoms with Crippen molar-refractivity contribution in [3.05, 3.63) is 89.5 Å². The Labute approximate surface area is 322 Å². The highest BCUT2D eigenvalue weighted by atomic mass is 32.3. The van der Waals surface area contributed by atoms with Gasteiger partial charge in [0.1, 0.15) is 24.4 Å². The van der Waals surface area contributed by atoms with Crippen molar-refractivity contribution in [2.45, 2.75) is 93.7 Å². The zero-order chi connectivity index (χ0) is 40.1. The minimum Gasteiger partial charge on any atom is -0.392 e. The van der Waals surface area contributed by atoms with Crippen molar-refractivity contribution in [2.75, 3.05) is 36.7 Å². The van der Waals surface area contributed by atoms with Crippen molar-refractivity contribution < 1.29 is 55.2 Å². The Morgan fingerprint density at radius 1 is 1.00 bits per heavy atom. The van der Waals surface area contributed by atoms with Gasteiger partial charge in [0.15, 0.2) is 16.1 Å². The Balaban J connectivity index is 1.43. The van der Waals surface area contributed by atoms with Crippen LogP contribution in [0, 0.1) is 5.41 Å². The van der Waals surface area contributed by atoms with Crippen LogP contribution in [0.1, 0.15) is 62.1 Å². The highest BCUT2D eigenvalue weighted by Gasteiger charge is 2.49. The second-order valence-electron chi connectivity index (χ2n) is 14.4. The summed E-state index contributed by atoms with van der Waals surface area (Å²) in [5.41, 5.74) is 1.78. The number of hydrogen-bond acceptors (Lipinski definition) is 12. The Kier molecular flexibility index (Phi) is 13.6. The smallest absolute Gasteiger partial charge is 0.392 e. The maximum atomic E-state index is 14.0.